The van der Waals surface area contributed by atoms with Crippen molar-refractivity contribution < 1.29 is 22.7 Å². The second-order valence-electron chi connectivity index (χ2n) is 6.93. The van der Waals surface area contributed by atoms with Crippen molar-refractivity contribution in [2.45, 2.75) is 37.1 Å². The van der Waals surface area contributed by atoms with Gasteiger partial charge in [0.05, 0.1) is 18.6 Å². The Bertz CT molecular complexity index is 1090. The fourth-order valence-corrected chi connectivity index (χ4v) is 4.33. The molecule has 0 unspecified atom stereocenters. The number of ether oxygens (including phenoxy) is 2. The van der Waals surface area contributed by atoms with Crippen molar-refractivity contribution in [1.82, 2.24) is 9.71 Å². The topological polar surface area (TPSA) is 97.5 Å². The van der Waals surface area contributed by atoms with Crippen molar-refractivity contribution in [3.63, 3.8) is 0 Å². The van der Waals surface area contributed by atoms with Gasteiger partial charge in [-0.15, -0.1) is 0 Å². The lowest BCUT2D eigenvalue weighted by molar-refractivity contribution is -0.142. The summed E-state index contributed by atoms with van der Waals surface area (Å²) in [7, 11) is -2.69. The number of unbranched alkanes of at least 4 members (excludes halogenated alkanes) is 1. The molecular formula is C22H26N2O5S. The van der Waals surface area contributed by atoms with E-state index in [4.69, 9.17) is 9.47 Å². The van der Waals surface area contributed by atoms with Crippen molar-refractivity contribution in [3.8, 4) is 5.75 Å². The highest BCUT2D eigenvalue weighted by Crippen LogP contribution is 2.21. The number of aromatic nitrogens is 1. The third kappa shape index (κ3) is 5.20. The first-order valence-electron chi connectivity index (χ1n) is 9.82. The van der Waals surface area contributed by atoms with E-state index in [1.807, 2.05) is 24.3 Å². The lowest BCUT2D eigenvalue weighted by Gasteiger charge is -2.17. The van der Waals surface area contributed by atoms with E-state index in [0.29, 0.717) is 12.4 Å². The Morgan fingerprint density at radius 2 is 1.87 bits per heavy atom. The summed E-state index contributed by atoms with van der Waals surface area (Å²) in [5.74, 6) is -0.0471. The fraction of sp³-hybridized carbons (Fsp3) is 0.318. The lowest BCUT2D eigenvalue weighted by atomic mass is 10.1. The number of aromatic amines is 1. The van der Waals surface area contributed by atoms with Gasteiger partial charge in [0.1, 0.15) is 11.8 Å². The van der Waals surface area contributed by atoms with Crippen molar-refractivity contribution in [1.29, 1.82) is 0 Å². The van der Waals surface area contributed by atoms with Crippen molar-refractivity contribution in [2.24, 2.45) is 0 Å². The van der Waals surface area contributed by atoms with Gasteiger partial charge in [-0.05, 0) is 42.3 Å². The average molecular weight is 431 g/mol. The SMILES string of the molecule is CCCCOc1ccc(S(=O)(=O)N[C@H](Cc2c[nH]c3ccccc23)C(=O)OC)cc1. The lowest BCUT2D eigenvalue weighted by Crippen LogP contribution is -2.42. The summed E-state index contributed by atoms with van der Waals surface area (Å²) in [6.45, 7) is 2.65. The van der Waals surface area contributed by atoms with E-state index in [9.17, 15) is 13.2 Å². The fourth-order valence-electron chi connectivity index (χ4n) is 3.14. The standard InChI is InChI=1S/C22H26N2O5S/c1-3-4-13-29-17-9-11-18(12-10-17)30(26,27)24-21(22(25)28-2)14-16-15-23-20-8-6-5-7-19(16)20/h5-12,15,21,23-24H,3-4,13-14H2,1-2H3/t21-/m1/s1. The van der Waals surface area contributed by atoms with Crippen LogP contribution in [0.3, 0.4) is 0 Å². The molecule has 0 aliphatic heterocycles. The van der Waals surface area contributed by atoms with Gasteiger partial charge in [0.2, 0.25) is 10.0 Å². The van der Waals surface area contributed by atoms with Crippen LogP contribution in [0.5, 0.6) is 5.75 Å². The number of hydrogen-bond acceptors (Lipinski definition) is 5. The number of carbonyl (C=O) groups excluding carboxylic acids is 1. The largest absolute Gasteiger partial charge is 0.494 e. The monoisotopic (exact) mass is 430 g/mol. The van der Waals surface area contributed by atoms with Gasteiger partial charge >= 0.3 is 5.97 Å². The predicted octanol–water partition coefficient (Wildman–Crippen LogP) is 3.41. The number of para-hydroxylation sites is 1. The normalized spacial score (nSPS) is 12.6. The molecule has 0 spiro atoms. The first-order valence-corrected chi connectivity index (χ1v) is 11.3. The number of hydrogen-bond donors (Lipinski definition) is 2. The van der Waals surface area contributed by atoms with Gasteiger partial charge in [-0.2, -0.15) is 4.72 Å². The van der Waals surface area contributed by atoms with Gasteiger partial charge in [-0.3, -0.25) is 4.79 Å². The number of carbonyl (C=O) groups is 1. The van der Waals surface area contributed by atoms with Crippen LogP contribution in [-0.4, -0.2) is 39.1 Å². The van der Waals surface area contributed by atoms with Crippen LogP contribution in [0, 0.1) is 0 Å². The third-order valence-electron chi connectivity index (χ3n) is 4.78. The van der Waals surface area contributed by atoms with Crippen LogP contribution in [0.25, 0.3) is 10.9 Å². The van der Waals surface area contributed by atoms with E-state index in [2.05, 4.69) is 16.6 Å². The maximum Gasteiger partial charge on any atom is 0.324 e. The highest BCUT2D eigenvalue weighted by molar-refractivity contribution is 7.89. The van der Waals surface area contributed by atoms with Gasteiger partial charge in [-0.25, -0.2) is 8.42 Å². The van der Waals surface area contributed by atoms with Crippen LogP contribution in [0.4, 0.5) is 0 Å². The quantitative estimate of drug-likeness (QED) is 0.379. The zero-order chi connectivity index (χ0) is 21.6. The molecule has 0 aliphatic rings. The van der Waals surface area contributed by atoms with E-state index < -0.39 is 22.0 Å². The van der Waals surface area contributed by atoms with Crippen molar-refractivity contribution >= 4 is 26.9 Å². The minimum atomic E-state index is -3.93. The van der Waals surface area contributed by atoms with E-state index >= 15 is 0 Å². The molecule has 160 valence electrons. The molecule has 3 aromatic rings. The second-order valence-corrected chi connectivity index (χ2v) is 8.65. The highest BCUT2D eigenvalue weighted by atomic mass is 32.2. The highest BCUT2D eigenvalue weighted by Gasteiger charge is 2.27. The molecule has 0 amide bonds. The molecule has 8 heteroatoms. The molecule has 2 aromatic carbocycles. The van der Waals surface area contributed by atoms with Gasteiger partial charge < -0.3 is 14.5 Å². The van der Waals surface area contributed by atoms with E-state index in [0.717, 1.165) is 29.3 Å². The van der Waals surface area contributed by atoms with Gasteiger partial charge in [-0.1, -0.05) is 31.5 Å². The van der Waals surface area contributed by atoms with Gasteiger partial charge in [0.15, 0.2) is 0 Å². The van der Waals surface area contributed by atoms with E-state index in [1.165, 1.54) is 19.2 Å². The van der Waals surface area contributed by atoms with Crippen LogP contribution < -0.4 is 9.46 Å². The number of nitrogens with one attached hydrogen (secondary N) is 2. The number of rotatable bonds is 10. The zero-order valence-electron chi connectivity index (χ0n) is 17.1. The molecule has 0 saturated carbocycles. The molecule has 1 heterocycles. The third-order valence-corrected chi connectivity index (χ3v) is 6.27. The Kier molecular flexibility index (Phi) is 7.12. The number of H-pyrrole nitrogens is 1. The molecule has 0 aliphatic carbocycles. The summed E-state index contributed by atoms with van der Waals surface area (Å²) in [5, 5.41) is 0.930. The summed E-state index contributed by atoms with van der Waals surface area (Å²) in [4.78, 5) is 15.5. The molecular weight excluding hydrogens is 404 g/mol. The first-order chi connectivity index (χ1) is 14.4. The Morgan fingerprint density at radius 1 is 1.13 bits per heavy atom. The molecule has 3 rings (SSSR count). The van der Waals surface area contributed by atoms with E-state index in [-0.39, 0.29) is 11.3 Å². The summed E-state index contributed by atoms with van der Waals surface area (Å²) in [6.07, 6.45) is 3.88. The summed E-state index contributed by atoms with van der Waals surface area (Å²) in [6, 6.07) is 12.7. The van der Waals surface area contributed by atoms with E-state index in [1.54, 1.807) is 18.3 Å². The molecule has 0 fully saturated rings. The minimum absolute atomic E-state index is 0.0539. The molecule has 0 bridgehead atoms. The summed E-state index contributed by atoms with van der Waals surface area (Å²) in [5.41, 5.74) is 1.74. The molecule has 7 nitrogen and oxygen atoms in total. The number of fused-ring (bicyclic) bond motifs is 1. The molecule has 2 N–H and O–H groups in total. The Balaban J connectivity index is 1.77. The van der Waals surface area contributed by atoms with Crippen LogP contribution in [0.15, 0.2) is 59.6 Å². The molecule has 1 atom stereocenters. The number of benzene rings is 2. The van der Waals surface area contributed by atoms with Crippen LogP contribution >= 0.6 is 0 Å². The number of esters is 1. The summed E-state index contributed by atoms with van der Waals surface area (Å²) < 4.78 is 38.6. The second kappa shape index (κ2) is 9.77. The summed E-state index contributed by atoms with van der Waals surface area (Å²) >= 11 is 0. The van der Waals surface area contributed by atoms with Crippen LogP contribution in [-0.2, 0) is 26.0 Å². The molecule has 1 aromatic heterocycles. The van der Waals surface area contributed by atoms with Gasteiger partial charge in [0, 0.05) is 23.5 Å². The first kappa shape index (κ1) is 21.9. The van der Waals surface area contributed by atoms with Crippen molar-refractivity contribution in [3.05, 3.63) is 60.3 Å². The predicted molar refractivity (Wildman–Crippen MR) is 115 cm³/mol. The van der Waals surface area contributed by atoms with Crippen molar-refractivity contribution in [2.75, 3.05) is 13.7 Å². The Hall–Kier alpha value is -2.84. The smallest absolute Gasteiger partial charge is 0.324 e. The van der Waals surface area contributed by atoms with Crippen LogP contribution in [0.2, 0.25) is 0 Å². The average Bonchev–Trinajstić information content (AvgIpc) is 3.16. The zero-order valence-corrected chi connectivity index (χ0v) is 17.9. The van der Waals surface area contributed by atoms with Gasteiger partial charge in [0.25, 0.3) is 0 Å². The van der Waals surface area contributed by atoms with Crippen LogP contribution in [0.1, 0.15) is 25.3 Å². The maximum absolute atomic E-state index is 12.9. The minimum Gasteiger partial charge on any atom is -0.494 e. The maximum atomic E-state index is 12.9. The molecule has 30 heavy (non-hydrogen) atoms. The number of sulfonamides is 1. The Morgan fingerprint density at radius 3 is 2.57 bits per heavy atom. The Labute approximate surface area is 176 Å². The molecule has 0 radical (unpaired) electrons. The molecule has 0 saturated heterocycles. The number of methoxy groups -OCH3 is 1.